The summed E-state index contributed by atoms with van der Waals surface area (Å²) in [4.78, 5) is 24.9. The maximum absolute atomic E-state index is 12.6. The highest BCUT2D eigenvalue weighted by atomic mass is 16.2. The summed E-state index contributed by atoms with van der Waals surface area (Å²) >= 11 is 0. The molecule has 0 spiro atoms. The molecule has 0 aromatic heterocycles. The number of nitrogens with zero attached hydrogens (tertiary/aromatic N) is 1. The lowest BCUT2D eigenvalue weighted by atomic mass is 9.90. The first kappa shape index (κ1) is 19.2. The van der Waals surface area contributed by atoms with E-state index >= 15 is 0 Å². The van der Waals surface area contributed by atoms with Crippen molar-refractivity contribution in [1.82, 2.24) is 5.32 Å². The highest BCUT2D eigenvalue weighted by Gasteiger charge is 2.27. The third-order valence-corrected chi connectivity index (χ3v) is 5.10. The zero-order valence-corrected chi connectivity index (χ0v) is 16.4. The third-order valence-electron chi connectivity index (χ3n) is 5.10. The number of carbonyl (C=O) groups excluding carboxylic acids is 2. The van der Waals surface area contributed by atoms with Crippen molar-refractivity contribution in [2.75, 3.05) is 5.32 Å². The van der Waals surface area contributed by atoms with E-state index in [0.717, 1.165) is 27.9 Å². The van der Waals surface area contributed by atoms with Crippen LogP contribution in [0.1, 0.15) is 27.0 Å². The normalized spacial score (nSPS) is 14.1. The molecule has 1 aliphatic heterocycles. The lowest BCUT2D eigenvalue weighted by Gasteiger charge is -2.20. The van der Waals surface area contributed by atoms with Crippen LogP contribution in [0.4, 0.5) is 5.69 Å². The average Bonchev–Trinajstić information content (AvgIpc) is 2.75. The SMILES string of the molecule is Cc1ccccc1-c1ccc2c(c1)/C(=C/Nc1ccc(CC#N)cc1)C(=O)NC2=O. The molecule has 4 rings (SSSR count). The second-order valence-electron chi connectivity index (χ2n) is 7.09. The second-order valence-corrected chi connectivity index (χ2v) is 7.09. The number of amides is 2. The fourth-order valence-electron chi connectivity index (χ4n) is 3.50. The Balaban J connectivity index is 1.72. The molecule has 0 aliphatic carbocycles. The number of carbonyl (C=O) groups is 2. The number of benzene rings is 3. The quantitative estimate of drug-likeness (QED) is 0.507. The summed E-state index contributed by atoms with van der Waals surface area (Å²) in [6.45, 7) is 2.03. The maximum atomic E-state index is 12.6. The molecule has 0 radical (unpaired) electrons. The molecule has 0 saturated heterocycles. The molecular weight excluding hydrogens is 374 g/mol. The van der Waals surface area contributed by atoms with Gasteiger partial charge in [0.25, 0.3) is 11.8 Å². The molecule has 1 heterocycles. The Morgan fingerprint density at radius 1 is 0.933 bits per heavy atom. The number of rotatable bonds is 4. The van der Waals surface area contributed by atoms with E-state index in [4.69, 9.17) is 5.26 Å². The lowest BCUT2D eigenvalue weighted by molar-refractivity contribution is -0.114. The van der Waals surface area contributed by atoms with Crippen LogP contribution in [0, 0.1) is 18.3 Å². The minimum Gasteiger partial charge on any atom is -0.361 e. The molecular formula is C25H19N3O2. The van der Waals surface area contributed by atoms with Gasteiger partial charge in [0.15, 0.2) is 0 Å². The van der Waals surface area contributed by atoms with Crippen molar-refractivity contribution in [2.24, 2.45) is 0 Å². The third kappa shape index (κ3) is 3.71. The second kappa shape index (κ2) is 8.06. The molecule has 0 saturated carbocycles. The number of nitrogens with one attached hydrogen (secondary N) is 2. The van der Waals surface area contributed by atoms with Crippen molar-refractivity contribution in [3.8, 4) is 17.2 Å². The number of hydrogen-bond acceptors (Lipinski definition) is 4. The van der Waals surface area contributed by atoms with Gasteiger partial charge in [-0.15, -0.1) is 0 Å². The highest BCUT2D eigenvalue weighted by Crippen LogP contribution is 2.31. The van der Waals surface area contributed by atoms with Gasteiger partial charge in [0.1, 0.15) is 0 Å². The van der Waals surface area contributed by atoms with Crippen molar-refractivity contribution in [3.05, 3.63) is 95.2 Å². The van der Waals surface area contributed by atoms with E-state index in [1.165, 1.54) is 0 Å². The smallest absolute Gasteiger partial charge is 0.260 e. The molecule has 2 amide bonds. The molecule has 0 fully saturated rings. The van der Waals surface area contributed by atoms with Gasteiger partial charge in [-0.3, -0.25) is 14.9 Å². The van der Waals surface area contributed by atoms with E-state index in [1.54, 1.807) is 12.3 Å². The van der Waals surface area contributed by atoms with Gasteiger partial charge in [-0.2, -0.15) is 5.26 Å². The van der Waals surface area contributed by atoms with Gasteiger partial charge in [0.05, 0.1) is 18.1 Å². The predicted octanol–water partition coefficient (Wildman–Crippen LogP) is 4.45. The molecule has 5 nitrogen and oxygen atoms in total. The highest BCUT2D eigenvalue weighted by molar-refractivity contribution is 6.31. The molecule has 1 aliphatic rings. The fourth-order valence-corrected chi connectivity index (χ4v) is 3.50. The maximum Gasteiger partial charge on any atom is 0.260 e. The van der Waals surface area contributed by atoms with E-state index in [0.29, 0.717) is 23.1 Å². The van der Waals surface area contributed by atoms with Gasteiger partial charge in [-0.05, 0) is 53.4 Å². The summed E-state index contributed by atoms with van der Waals surface area (Å²) in [5.74, 6) is -0.840. The average molecular weight is 393 g/mol. The van der Waals surface area contributed by atoms with Crippen LogP contribution in [0.15, 0.2) is 72.9 Å². The summed E-state index contributed by atoms with van der Waals surface area (Å²) in [6.07, 6.45) is 1.96. The Labute approximate surface area is 174 Å². The fraction of sp³-hybridized carbons (Fsp3) is 0.0800. The van der Waals surface area contributed by atoms with E-state index in [-0.39, 0.29) is 0 Å². The van der Waals surface area contributed by atoms with Crippen molar-refractivity contribution >= 4 is 23.1 Å². The van der Waals surface area contributed by atoms with Gasteiger partial charge in [0.2, 0.25) is 0 Å². The minimum absolute atomic E-state index is 0.348. The molecule has 0 bridgehead atoms. The first-order valence-electron chi connectivity index (χ1n) is 9.55. The van der Waals surface area contributed by atoms with Crippen LogP contribution in [0.5, 0.6) is 0 Å². The number of anilines is 1. The largest absolute Gasteiger partial charge is 0.361 e. The molecule has 3 aromatic rings. The summed E-state index contributed by atoms with van der Waals surface area (Å²) in [5.41, 5.74) is 6.27. The number of hydrogen-bond donors (Lipinski definition) is 2. The van der Waals surface area contributed by atoms with Crippen molar-refractivity contribution < 1.29 is 9.59 Å². The van der Waals surface area contributed by atoms with E-state index in [9.17, 15) is 9.59 Å². The summed E-state index contributed by atoms with van der Waals surface area (Å²) < 4.78 is 0. The molecule has 30 heavy (non-hydrogen) atoms. The zero-order chi connectivity index (χ0) is 21.1. The minimum atomic E-state index is -0.442. The first-order chi connectivity index (χ1) is 14.6. The molecule has 0 unspecified atom stereocenters. The Hall–Kier alpha value is -4.17. The van der Waals surface area contributed by atoms with Gasteiger partial charge >= 0.3 is 0 Å². The number of imide groups is 1. The predicted molar refractivity (Wildman–Crippen MR) is 116 cm³/mol. The first-order valence-corrected chi connectivity index (χ1v) is 9.55. The van der Waals surface area contributed by atoms with Crippen LogP contribution in [-0.4, -0.2) is 11.8 Å². The van der Waals surface area contributed by atoms with Crippen LogP contribution in [0.2, 0.25) is 0 Å². The lowest BCUT2D eigenvalue weighted by Crippen LogP contribution is -2.36. The Bertz CT molecular complexity index is 1220. The van der Waals surface area contributed by atoms with Gasteiger partial charge in [-0.1, -0.05) is 42.5 Å². The van der Waals surface area contributed by atoms with Crippen molar-refractivity contribution in [1.29, 1.82) is 5.26 Å². The van der Waals surface area contributed by atoms with E-state index in [1.807, 2.05) is 67.6 Å². The van der Waals surface area contributed by atoms with Crippen molar-refractivity contribution in [2.45, 2.75) is 13.3 Å². The summed E-state index contributed by atoms with van der Waals surface area (Å²) in [5, 5.41) is 14.3. The zero-order valence-electron chi connectivity index (χ0n) is 16.4. The van der Waals surface area contributed by atoms with Crippen LogP contribution in [-0.2, 0) is 11.2 Å². The van der Waals surface area contributed by atoms with Crippen LogP contribution >= 0.6 is 0 Å². The Morgan fingerprint density at radius 2 is 1.70 bits per heavy atom. The van der Waals surface area contributed by atoms with Gasteiger partial charge < -0.3 is 5.32 Å². The van der Waals surface area contributed by atoms with E-state index < -0.39 is 11.8 Å². The summed E-state index contributed by atoms with van der Waals surface area (Å²) in [7, 11) is 0. The van der Waals surface area contributed by atoms with E-state index in [2.05, 4.69) is 16.7 Å². The van der Waals surface area contributed by atoms with Crippen LogP contribution in [0.3, 0.4) is 0 Å². The number of nitriles is 1. The summed E-state index contributed by atoms with van der Waals surface area (Å²) in [6, 6.07) is 23.1. The van der Waals surface area contributed by atoms with Gasteiger partial charge in [-0.25, -0.2) is 0 Å². The molecule has 2 N–H and O–H groups in total. The van der Waals surface area contributed by atoms with Crippen molar-refractivity contribution in [3.63, 3.8) is 0 Å². The standard InChI is InChI=1S/C25H19N3O2/c1-16-4-2-3-5-20(16)18-8-11-21-22(14-18)23(25(30)28-24(21)29)15-27-19-9-6-17(7-10-19)12-13-26/h2-11,14-15,27H,12H2,1H3,(H,28,29,30)/b23-15-. The van der Waals surface area contributed by atoms with Gasteiger partial charge in [0, 0.05) is 23.0 Å². The molecule has 3 aromatic carbocycles. The molecule has 0 atom stereocenters. The molecule has 5 heteroatoms. The monoisotopic (exact) mass is 393 g/mol. The topological polar surface area (TPSA) is 82.0 Å². The Morgan fingerprint density at radius 3 is 2.43 bits per heavy atom. The number of aryl methyl sites for hydroxylation is 1. The van der Waals surface area contributed by atoms with Crippen LogP contribution < -0.4 is 10.6 Å². The Kier molecular flexibility index (Phi) is 5.15. The van der Waals surface area contributed by atoms with Crippen LogP contribution in [0.25, 0.3) is 16.7 Å². The number of fused-ring (bicyclic) bond motifs is 1. The molecule has 146 valence electrons.